The van der Waals surface area contributed by atoms with E-state index in [1.54, 1.807) is 13.1 Å². The quantitative estimate of drug-likeness (QED) is 0.657. The SMILES string of the molecule is CCn1ncc2c1C(F)(F)C(C)C2. The van der Waals surface area contributed by atoms with Crippen molar-refractivity contribution >= 4 is 0 Å². The van der Waals surface area contributed by atoms with E-state index in [0.29, 0.717) is 18.5 Å². The van der Waals surface area contributed by atoms with Gasteiger partial charge in [0.1, 0.15) is 5.69 Å². The molecule has 0 N–H and O–H groups in total. The molecule has 2 nitrogen and oxygen atoms in total. The normalized spacial score (nSPS) is 24.8. The smallest absolute Gasteiger partial charge is 0.263 e. The highest BCUT2D eigenvalue weighted by molar-refractivity contribution is 5.29. The van der Waals surface area contributed by atoms with Gasteiger partial charge in [-0.25, -0.2) is 0 Å². The summed E-state index contributed by atoms with van der Waals surface area (Å²) in [4.78, 5) is 0. The van der Waals surface area contributed by atoms with Crippen molar-refractivity contribution in [2.45, 2.75) is 32.7 Å². The third-order valence-corrected chi connectivity index (χ3v) is 2.68. The molecule has 1 aromatic rings. The average Bonchev–Trinajstić information content (AvgIpc) is 2.55. The van der Waals surface area contributed by atoms with Crippen molar-refractivity contribution in [1.82, 2.24) is 9.78 Å². The maximum atomic E-state index is 13.6. The fourth-order valence-electron chi connectivity index (χ4n) is 1.89. The molecular weight excluding hydrogens is 174 g/mol. The molecule has 1 heterocycles. The minimum atomic E-state index is -2.69. The Morgan fingerprint density at radius 3 is 3.00 bits per heavy atom. The number of hydrogen-bond donors (Lipinski definition) is 0. The number of alkyl halides is 2. The topological polar surface area (TPSA) is 17.8 Å². The second kappa shape index (κ2) is 2.53. The van der Waals surface area contributed by atoms with Crippen LogP contribution in [0.4, 0.5) is 8.78 Å². The molecule has 2 rings (SSSR count). The van der Waals surface area contributed by atoms with Crippen LogP contribution in [-0.4, -0.2) is 9.78 Å². The number of fused-ring (bicyclic) bond motifs is 1. The summed E-state index contributed by atoms with van der Waals surface area (Å²) >= 11 is 0. The van der Waals surface area contributed by atoms with Crippen molar-refractivity contribution in [2.75, 3.05) is 0 Å². The second-order valence-electron chi connectivity index (χ2n) is 3.56. The van der Waals surface area contributed by atoms with Crippen molar-refractivity contribution < 1.29 is 8.78 Å². The molecule has 0 bridgehead atoms. The third kappa shape index (κ3) is 1.01. The van der Waals surface area contributed by atoms with E-state index in [9.17, 15) is 8.78 Å². The number of aryl methyl sites for hydroxylation is 1. The van der Waals surface area contributed by atoms with Crippen molar-refractivity contribution in [3.8, 4) is 0 Å². The molecule has 0 spiro atoms. The Balaban J connectivity index is 2.53. The molecule has 1 aromatic heterocycles. The first-order valence-electron chi connectivity index (χ1n) is 4.50. The molecule has 4 heteroatoms. The first kappa shape index (κ1) is 8.66. The van der Waals surface area contributed by atoms with E-state index in [-0.39, 0.29) is 5.69 Å². The molecule has 0 saturated heterocycles. The number of halogens is 2. The Kier molecular flexibility index (Phi) is 1.68. The van der Waals surface area contributed by atoms with Crippen LogP contribution in [0.25, 0.3) is 0 Å². The van der Waals surface area contributed by atoms with Crippen LogP contribution >= 0.6 is 0 Å². The van der Waals surface area contributed by atoms with Gasteiger partial charge in [0.05, 0.1) is 6.20 Å². The van der Waals surface area contributed by atoms with Gasteiger partial charge in [-0.3, -0.25) is 4.68 Å². The summed E-state index contributed by atoms with van der Waals surface area (Å²) in [6.45, 7) is 3.92. The van der Waals surface area contributed by atoms with E-state index in [4.69, 9.17) is 0 Å². The van der Waals surface area contributed by atoms with Crippen molar-refractivity contribution in [3.05, 3.63) is 17.5 Å². The van der Waals surface area contributed by atoms with Gasteiger partial charge < -0.3 is 0 Å². The van der Waals surface area contributed by atoms with Gasteiger partial charge >= 0.3 is 0 Å². The predicted molar refractivity (Wildman–Crippen MR) is 44.7 cm³/mol. The molecular formula is C9H12F2N2. The van der Waals surface area contributed by atoms with Crippen LogP contribution in [0.3, 0.4) is 0 Å². The lowest BCUT2D eigenvalue weighted by Gasteiger charge is -2.17. The van der Waals surface area contributed by atoms with E-state index in [1.807, 2.05) is 6.92 Å². The predicted octanol–water partition coefficient (Wildman–Crippen LogP) is 2.19. The Morgan fingerprint density at radius 2 is 2.38 bits per heavy atom. The zero-order chi connectivity index (χ0) is 9.64. The van der Waals surface area contributed by atoms with E-state index in [2.05, 4.69) is 5.10 Å². The highest BCUT2D eigenvalue weighted by atomic mass is 19.3. The summed E-state index contributed by atoms with van der Waals surface area (Å²) in [6, 6.07) is 0. The Bertz CT molecular complexity index is 330. The standard InChI is InChI=1S/C9H12F2N2/c1-3-13-8-7(5-12-13)4-6(2)9(8,10)11/h5-6H,3-4H2,1-2H3. The average molecular weight is 186 g/mol. The second-order valence-corrected chi connectivity index (χ2v) is 3.56. The van der Waals surface area contributed by atoms with Crippen molar-refractivity contribution in [1.29, 1.82) is 0 Å². The van der Waals surface area contributed by atoms with Gasteiger partial charge in [0.25, 0.3) is 5.92 Å². The van der Waals surface area contributed by atoms with Crippen LogP contribution in [0, 0.1) is 5.92 Å². The van der Waals surface area contributed by atoms with Crippen LogP contribution in [0.5, 0.6) is 0 Å². The van der Waals surface area contributed by atoms with Gasteiger partial charge in [-0.1, -0.05) is 6.92 Å². The molecule has 1 unspecified atom stereocenters. The summed E-state index contributed by atoms with van der Waals surface area (Å²) in [7, 11) is 0. The Hall–Kier alpha value is -0.930. The lowest BCUT2D eigenvalue weighted by atomic mass is 10.1. The van der Waals surface area contributed by atoms with Gasteiger partial charge in [0, 0.05) is 12.5 Å². The summed E-state index contributed by atoms with van der Waals surface area (Å²) in [5.74, 6) is -3.28. The summed E-state index contributed by atoms with van der Waals surface area (Å²) in [5.41, 5.74) is 0.835. The minimum Gasteiger partial charge on any atom is -0.263 e. The molecule has 0 aromatic carbocycles. The van der Waals surface area contributed by atoms with Crippen LogP contribution in [0.2, 0.25) is 0 Å². The molecule has 72 valence electrons. The zero-order valence-corrected chi connectivity index (χ0v) is 7.72. The van der Waals surface area contributed by atoms with Crippen LogP contribution < -0.4 is 0 Å². The van der Waals surface area contributed by atoms with Gasteiger partial charge in [0.2, 0.25) is 0 Å². The van der Waals surface area contributed by atoms with Crippen LogP contribution in [0.15, 0.2) is 6.20 Å². The van der Waals surface area contributed by atoms with Crippen LogP contribution in [0.1, 0.15) is 25.1 Å². The lowest BCUT2D eigenvalue weighted by Crippen LogP contribution is -2.22. The maximum Gasteiger partial charge on any atom is 0.292 e. The number of rotatable bonds is 1. The molecule has 0 fully saturated rings. The van der Waals surface area contributed by atoms with Crippen molar-refractivity contribution in [3.63, 3.8) is 0 Å². The highest BCUT2D eigenvalue weighted by Gasteiger charge is 2.48. The first-order valence-corrected chi connectivity index (χ1v) is 4.50. The maximum absolute atomic E-state index is 13.6. The molecule has 0 radical (unpaired) electrons. The number of hydrogen-bond acceptors (Lipinski definition) is 1. The molecule has 1 aliphatic rings. The number of nitrogens with zero attached hydrogens (tertiary/aromatic N) is 2. The fraction of sp³-hybridized carbons (Fsp3) is 0.667. The van der Waals surface area contributed by atoms with Gasteiger partial charge in [-0.05, 0) is 18.9 Å². The molecule has 0 aliphatic heterocycles. The minimum absolute atomic E-state index is 0.127. The molecule has 0 amide bonds. The van der Waals surface area contributed by atoms with E-state index in [1.165, 1.54) is 4.68 Å². The lowest BCUT2D eigenvalue weighted by molar-refractivity contribution is -0.0528. The van der Waals surface area contributed by atoms with Gasteiger partial charge in [0.15, 0.2) is 0 Å². The monoisotopic (exact) mass is 186 g/mol. The van der Waals surface area contributed by atoms with E-state index < -0.39 is 11.8 Å². The summed E-state index contributed by atoms with van der Waals surface area (Å²) < 4.78 is 28.5. The zero-order valence-electron chi connectivity index (χ0n) is 7.72. The summed E-state index contributed by atoms with van der Waals surface area (Å²) in [5, 5.41) is 3.92. The molecule has 13 heavy (non-hydrogen) atoms. The summed E-state index contributed by atoms with van der Waals surface area (Å²) in [6.07, 6.45) is 2.01. The Morgan fingerprint density at radius 1 is 1.69 bits per heavy atom. The van der Waals surface area contributed by atoms with Crippen molar-refractivity contribution in [2.24, 2.45) is 5.92 Å². The van der Waals surface area contributed by atoms with Gasteiger partial charge in [-0.2, -0.15) is 13.9 Å². The van der Waals surface area contributed by atoms with Crippen LogP contribution in [-0.2, 0) is 18.9 Å². The number of aromatic nitrogens is 2. The molecule has 0 saturated carbocycles. The third-order valence-electron chi connectivity index (χ3n) is 2.68. The highest BCUT2D eigenvalue weighted by Crippen LogP contribution is 2.45. The van der Waals surface area contributed by atoms with Gasteiger partial charge in [-0.15, -0.1) is 0 Å². The largest absolute Gasteiger partial charge is 0.292 e. The Labute approximate surface area is 75.6 Å². The molecule has 1 aliphatic carbocycles. The first-order chi connectivity index (χ1) is 6.07. The van der Waals surface area contributed by atoms with E-state index >= 15 is 0 Å². The van der Waals surface area contributed by atoms with E-state index in [0.717, 1.165) is 0 Å². The fourth-order valence-corrected chi connectivity index (χ4v) is 1.89. The molecule has 1 atom stereocenters.